The molecule has 0 aliphatic rings. The van der Waals surface area contributed by atoms with Crippen LogP contribution in [0.25, 0.3) is 0 Å². The molecule has 0 spiro atoms. The van der Waals surface area contributed by atoms with Gasteiger partial charge in [0.2, 0.25) is 0 Å². The van der Waals surface area contributed by atoms with E-state index in [2.05, 4.69) is 41.5 Å². The minimum atomic E-state index is -4.95. The average Bonchev–Trinajstić information content (AvgIpc) is 3.70. The van der Waals surface area contributed by atoms with Gasteiger partial charge in [-0.3, -0.25) is 37.3 Å². The zero-order valence-corrected chi connectivity index (χ0v) is 58.1. The van der Waals surface area contributed by atoms with Crippen LogP contribution in [0.4, 0.5) is 0 Å². The molecule has 0 saturated heterocycles. The van der Waals surface area contributed by atoms with Gasteiger partial charge in [-0.1, -0.05) is 292 Å². The molecule has 0 saturated carbocycles. The molecule has 0 bridgehead atoms. The number of ether oxygens (including phenoxy) is 4. The van der Waals surface area contributed by atoms with E-state index in [1.54, 1.807) is 0 Å². The Morgan fingerprint density at radius 2 is 0.586 bits per heavy atom. The Morgan fingerprint density at radius 1 is 0.333 bits per heavy atom. The van der Waals surface area contributed by atoms with Crippen LogP contribution in [0.5, 0.6) is 0 Å². The number of aliphatic hydroxyl groups is 1. The van der Waals surface area contributed by atoms with Gasteiger partial charge in [0.25, 0.3) is 0 Å². The molecule has 0 aromatic carbocycles. The molecular weight excluding hydrogens is 1150 g/mol. The summed E-state index contributed by atoms with van der Waals surface area (Å²) in [6.45, 7) is 9.38. The summed E-state index contributed by atoms with van der Waals surface area (Å²) in [7, 11) is -9.89. The van der Waals surface area contributed by atoms with E-state index in [0.29, 0.717) is 31.6 Å². The molecule has 0 aromatic heterocycles. The first-order chi connectivity index (χ1) is 41.9. The van der Waals surface area contributed by atoms with E-state index in [-0.39, 0.29) is 25.7 Å². The van der Waals surface area contributed by atoms with E-state index in [4.69, 9.17) is 37.0 Å². The second-order valence-electron chi connectivity index (χ2n) is 25.3. The molecule has 19 heteroatoms. The van der Waals surface area contributed by atoms with Gasteiger partial charge in [-0.05, 0) is 37.5 Å². The lowest BCUT2D eigenvalue weighted by Gasteiger charge is -2.21. The van der Waals surface area contributed by atoms with Crippen molar-refractivity contribution in [3.05, 3.63) is 0 Å². The van der Waals surface area contributed by atoms with Crippen molar-refractivity contribution >= 4 is 39.5 Å². The Morgan fingerprint density at radius 3 is 0.874 bits per heavy atom. The topological polar surface area (TPSA) is 237 Å². The van der Waals surface area contributed by atoms with E-state index in [1.165, 1.54) is 141 Å². The molecule has 17 nitrogen and oxygen atoms in total. The fourth-order valence-corrected chi connectivity index (χ4v) is 11.8. The minimum Gasteiger partial charge on any atom is -0.462 e. The average molecular weight is 1280 g/mol. The first-order valence-electron chi connectivity index (χ1n) is 35.5. The molecule has 0 radical (unpaired) electrons. The summed E-state index contributed by atoms with van der Waals surface area (Å²) < 4.78 is 68.0. The third kappa shape index (κ3) is 61.3. The number of hydrogen-bond acceptors (Lipinski definition) is 15. The van der Waals surface area contributed by atoms with Crippen LogP contribution in [-0.4, -0.2) is 96.7 Å². The SMILES string of the molecule is CCCCCCCCCCCCCCCCCCCCCCC(=O)O[C@H](COC(=O)CCCCCCCCCC(C)C)COP(=O)(O)OC[C@@H](O)COP(=O)(O)OC[C@@H](COC(=O)CCCCCCCCC)OC(=O)CCCCCCCCC(C)CC. The highest BCUT2D eigenvalue weighted by Crippen LogP contribution is 2.45. The molecule has 3 N–H and O–H groups in total. The Hall–Kier alpha value is -1.94. The number of rotatable bonds is 67. The number of aliphatic hydroxyl groups excluding tert-OH is 1. The molecule has 3 unspecified atom stereocenters. The van der Waals surface area contributed by atoms with Crippen LogP contribution in [0.3, 0.4) is 0 Å². The largest absolute Gasteiger partial charge is 0.472 e. The summed E-state index contributed by atoms with van der Waals surface area (Å²) in [5.74, 6) is -0.712. The summed E-state index contributed by atoms with van der Waals surface area (Å²) in [5, 5.41) is 10.5. The second-order valence-corrected chi connectivity index (χ2v) is 28.2. The molecular formula is C68H132O17P2. The summed E-state index contributed by atoms with van der Waals surface area (Å²) >= 11 is 0. The molecule has 0 heterocycles. The summed E-state index contributed by atoms with van der Waals surface area (Å²) in [5.41, 5.74) is 0. The molecule has 0 aromatic rings. The standard InChI is InChI=1S/C68H132O17P2/c1-7-10-12-14-16-17-18-19-20-21-22-23-24-25-26-27-28-32-40-46-52-67(72)84-63(57-79-66(71)51-45-39-33-29-31-36-42-48-60(4)5)58-82-86(74,75)80-54-62(69)55-81-87(76,77)83-59-64(56-78-65(70)50-44-38-30-15-13-11-8-2)85-68(73)53-47-41-35-34-37-43-49-61(6)9-3/h60-64,69H,7-59H2,1-6H3,(H,74,75)(H,76,77)/t61?,62-,63-,64-/m1/s1. The quantitative estimate of drug-likeness (QED) is 0.0222. The van der Waals surface area contributed by atoms with Crippen molar-refractivity contribution in [2.75, 3.05) is 39.6 Å². The summed E-state index contributed by atoms with van der Waals surface area (Å²) in [4.78, 5) is 72.2. The third-order valence-electron chi connectivity index (χ3n) is 16.1. The van der Waals surface area contributed by atoms with E-state index < -0.39 is 97.5 Å². The number of unbranched alkanes of at least 4 members (excludes halogenated alkanes) is 36. The summed E-state index contributed by atoms with van der Waals surface area (Å²) in [6.07, 6.45) is 44.9. The number of esters is 4. The van der Waals surface area contributed by atoms with E-state index in [1.807, 2.05) is 0 Å². The molecule has 0 aliphatic heterocycles. The highest BCUT2D eigenvalue weighted by Gasteiger charge is 2.30. The monoisotopic (exact) mass is 1280 g/mol. The lowest BCUT2D eigenvalue weighted by molar-refractivity contribution is -0.161. The molecule has 87 heavy (non-hydrogen) atoms. The van der Waals surface area contributed by atoms with Crippen LogP contribution >= 0.6 is 15.6 Å². The van der Waals surface area contributed by atoms with Crippen LogP contribution < -0.4 is 0 Å². The fraction of sp³-hybridized carbons (Fsp3) is 0.941. The van der Waals surface area contributed by atoms with Gasteiger partial charge in [0.05, 0.1) is 26.4 Å². The highest BCUT2D eigenvalue weighted by molar-refractivity contribution is 7.47. The van der Waals surface area contributed by atoms with E-state index in [0.717, 1.165) is 115 Å². The van der Waals surface area contributed by atoms with Crippen molar-refractivity contribution in [2.24, 2.45) is 11.8 Å². The smallest absolute Gasteiger partial charge is 0.462 e. The number of carbonyl (C=O) groups excluding carboxylic acids is 4. The van der Waals surface area contributed by atoms with Crippen LogP contribution in [0.1, 0.15) is 343 Å². The molecule has 0 rings (SSSR count). The van der Waals surface area contributed by atoms with Gasteiger partial charge < -0.3 is 33.8 Å². The van der Waals surface area contributed by atoms with Gasteiger partial charge in [0.15, 0.2) is 12.2 Å². The lowest BCUT2D eigenvalue weighted by atomic mass is 10.00. The van der Waals surface area contributed by atoms with Crippen molar-refractivity contribution in [2.45, 2.75) is 362 Å². The van der Waals surface area contributed by atoms with Crippen LogP contribution in [0, 0.1) is 11.8 Å². The molecule has 0 amide bonds. The maximum atomic E-state index is 13.0. The van der Waals surface area contributed by atoms with Gasteiger partial charge in [-0.25, -0.2) is 9.13 Å². The van der Waals surface area contributed by atoms with Crippen LogP contribution in [0.15, 0.2) is 0 Å². The second kappa shape index (κ2) is 60.3. The predicted octanol–water partition coefficient (Wildman–Crippen LogP) is 19.2. The van der Waals surface area contributed by atoms with E-state index in [9.17, 15) is 43.2 Å². The van der Waals surface area contributed by atoms with Crippen LogP contribution in [-0.2, 0) is 65.4 Å². The van der Waals surface area contributed by atoms with Gasteiger partial charge in [-0.15, -0.1) is 0 Å². The van der Waals surface area contributed by atoms with E-state index >= 15 is 0 Å². The van der Waals surface area contributed by atoms with Crippen molar-refractivity contribution in [3.8, 4) is 0 Å². The number of hydrogen-bond donors (Lipinski definition) is 3. The fourth-order valence-electron chi connectivity index (χ4n) is 10.2. The van der Waals surface area contributed by atoms with Crippen molar-refractivity contribution in [1.82, 2.24) is 0 Å². The normalized spacial score (nSPS) is 14.5. The van der Waals surface area contributed by atoms with Crippen molar-refractivity contribution in [1.29, 1.82) is 0 Å². The Bertz CT molecular complexity index is 1700. The maximum absolute atomic E-state index is 13.0. The van der Waals surface area contributed by atoms with Crippen molar-refractivity contribution < 1.29 is 80.2 Å². The first-order valence-corrected chi connectivity index (χ1v) is 38.5. The van der Waals surface area contributed by atoms with Gasteiger partial charge >= 0.3 is 39.5 Å². The lowest BCUT2D eigenvalue weighted by Crippen LogP contribution is -2.30. The maximum Gasteiger partial charge on any atom is 0.472 e. The van der Waals surface area contributed by atoms with Gasteiger partial charge in [0.1, 0.15) is 19.3 Å². The Labute approximate surface area is 530 Å². The minimum absolute atomic E-state index is 0.102. The highest BCUT2D eigenvalue weighted by atomic mass is 31.2. The molecule has 516 valence electrons. The first kappa shape index (κ1) is 85.1. The molecule has 6 atom stereocenters. The van der Waals surface area contributed by atoms with Gasteiger partial charge in [0, 0.05) is 25.7 Å². The van der Waals surface area contributed by atoms with Gasteiger partial charge in [-0.2, -0.15) is 0 Å². The van der Waals surface area contributed by atoms with Crippen molar-refractivity contribution in [3.63, 3.8) is 0 Å². The Balaban J connectivity index is 5.14. The third-order valence-corrected chi connectivity index (χ3v) is 18.0. The summed E-state index contributed by atoms with van der Waals surface area (Å²) in [6, 6.07) is 0. The molecule has 0 fully saturated rings. The molecule has 0 aliphatic carbocycles. The van der Waals surface area contributed by atoms with Crippen LogP contribution in [0.2, 0.25) is 0 Å². The zero-order valence-electron chi connectivity index (χ0n) is 56.3. The predicted molar refractivity (Wildman–Crippen MR) is 349 cm³/mol. The zero-order chi connectivity index (χ0) is 64.3. The number of phosphoric acid groups is 2. The number of carbonyl (C=O) groups is 4. The number of phosphoric ester groups is 2. The Kier molecular flexibility index (Phi) is 59.0.